The van der Waals surface area contributed by atoms with Gasteiger partial charge >= 0.3 is 5.97 Å². The molecule has 9 heteroatoms. The number of carbonyl (C=O) groups is 1. The second-order valence-corrected chi connectivity index (χ2v) is 5.46. The fourth-order valence-electron chi connectivity index (χ4n) is 1.41. The number of hydrogen-bond donors (Lipinski definition) is 1. The second-order valence-electron chi connectivity index (χ2n) is 3.73. The van der Waals surface area contributed by atoms with Crippen LogP contribution in [0, 0.1) is 12.1 Å². The van der Waals surface area contributed by atoms with Crippen LogP contribution < -0.4 is 5.73 Å². The molecule has 20 heavy (non-hydrogen) atoms. The van der Waals surface area contributed by atoms with Gasteiger partial charge in [-0.1, -0.05) is 23.2 Å². The molecule has 0 amide bonds. The maximum atomic E-state index is 13.5. The van der Waals surface area contributed by atoms with Gasteiger partial charge in [-0.05, 0) is 6.92 Å². The van der Waals surface area contributed by atoms with Crippen molar-refractivity contribution in [1.82, 2.24) is 9.97 Å². The molecule has 0 aliphatic carbocycles. The lowest BCUT2D eigenvalue weighted by Gasteiger charge is -2.06. The number of thiophene rings is 1. The molecule has 2 N–H and O–H groups in total. The van der Waals surface area contributed by atoms with Crippen molar-refractivity contribution in [3.63, 3.8) is 0 Å². The molecular weight excluding hydrogens is 328 g/mol. The highest BCUT2D eigenvalue weighted by atomic mass is 35.5. The lowest BCUT2D eigenvalue weighted by molar-refractivity contribution is 0.0594. The van der Waals surface area contributed by atoms with Gasteiger partial charge in [0.2, 0.25) is 0 Å². The van der Waals surface area contributed by atoms with Gasteiger partial charge in [0.05, 0.1) is 17.0 Å². The number of anilines is 1. The first-order valence-electron chi connectivity index (χ1n) is 5.22. The number of hydrogen-bond acceptors (Lipinski definition) is 6. The van der Waals surface area contributed by atoms with E-state index in [-0.39, 0.29) is 37.8 Å². The Bertz CT molecular complexity index is 705. The minimum atomic E-state index is -0.768. The van der Waals surface area contributed by atoms with Crippen molar-refractivity contribution in [3.8, 4) is 10.7 Å². The predicted molar refractivity (Wildman–Crippen MR) is 75.8 cm³/mol. The van der Waals surface area contributed by atoms with Crippen LogP contribution in [0.2, 0.25) is 10.0 Å². The Morgan fingerprint density at radius 1 is 1.35 bits per heavy atom. The monoisotopic (exact) mass is 335 g/mol. The van der Waals surface area contributed by atoms with Gasteiger partial charge in [0, 0.05) is 5.56 Å². The van der Waals surface area contributed by atoms with Crippen LogP contribution in [0.15, 0.2) is 0 Å². The fourth-order valence-corrected chi connectivity index (χ4v) is 2.77. The van der Waals surface area contributed by atoms with Gasteiger partial charge < -0.3 is 10.5 Å². The summed E-state index contributed by atoms with van der Waals surface area (Å²) in [5, 5.41) is -0.405. The maximum Gasteiger partial charge on any atom is 0.358 e. The summed E-state index contributed by atoms with van der Waals surface area (Å²) in [5.74, 6) is -0.857. The van der Waals surface area contributed by atoms with E-state index in [1.807, 2.05) is 0 Å². The van der Waals surface area contributed by atoms with E-state index < -0.39 is 11.1 Å². The van der Waals surface area contributed by atoms with Crippen molar-refractivity contribution in [1.29, 1.82) is 0 Å². The largest absolute Gasteiger partial charge is 0.464 e. The molecule has 2 aromatic heterocycles. The maximum absolute atomic E-state index is 13.5. The summed E-state index contributed by atoms with van der Waals surface area (Å²) in [4.78, 5) is 19.7. The Morgan fingerprint density at radius 2 is 2.00 bits per heavy atom. The van der Waals surface area contributed by atoms with Crippen LogP contribution in [-0.4, -0.2) is 23.0 Å². The Kier molecular flexibility index (Phi) is 4.12. The minimum absolute atomic E-state index is 0.0225. The number of ether oxygens (including phenoxy) is 1. The summed E-state index contributed by atoms with van der Waals surface area (Å²) in [6.07, 6.45) is 0. The van der Waals surface area contributed by atoms with Gasteiger partial charge in [-0.2, -0.15) is 4.39 Å². The van der Waals surface area contributed by atoms with Gasteiger partial charge in [-0.25, -0.2) is 14.8 Å². The summed E-state index contributed by atoms with van der Waals surface area (Å²) >= 11 is 12.6. The quantitative estimate of drug-likeness (QED) is 0.851. The topological polar surface area (TPSA) is 78.1 Å². The first-order valence-corrected chi connectivity index (χ1v) is 6.80. The molecule has 0 spiro atoms. The van der Waals surface area contributed by atoms with Crippen molar-refractivity contribution in [3.05, 3.63) is 26.4 Å². The lowest BCUT2D eigenvalue weighted by atomic mass is 10.3. The van der Waals surface area contributed by atoms with E-state index in [1.165, 1.54) is 14.0 Å². The average Bonchev–Trinajstić information content (AvgIpc) is 2.68. The summed E-state index contributed by atoms with van der Waals surface area (Å²) in [6, 6.07) is 0. The molecule has 106 valence electrons. The van der Waals surface area contributed by atoms with Crippen molar-refractivity contribution in [2.45, 2.75) is 6.92 Å². The SMILES string of the molecule is COC(=O)c1nc(-c2sc(F)c(C)c2Cl)nc(N)c1Cl. The van der Waals surface area contributed by atoms with E-state index in [0.717, 1.165) is 11.3 Å². The Balaban J connectivity index is 2.66. The standard InChI is InChI=1S/C11H8Cl2FN3O2S/c1-3-4(12)7(20-8(3)14)10-16-6(11(18)19-2)5(13)9(15)17-10/h1-2H3,(H2,15,16,17). The smallest absolute Gasteiger partial charge is 0.358 e. The molecule has 5 nitrogen and oxygen atoms in total. The van der Waals surface area contributed by atoms with Crippen LogP contribution in [0.5, 0.6) is 0 Å². The number of nitrogen functional groups attached to an aromatic ring is 1. The summed E-state index contributed by atoms with van der Waals surface area (Å²) in [7, 11) is 1.18. The van der Waals surface area contributed by atoms with Crippen LogP contribution in [0.3, 0.4) is 0 Å². The molecule has 0 aliphatic rings. The highest BCUT2D eigenvalue weighted by molar-refractivity contribution is 7.14. The van der Waals surface area contributed by atoms with E-state index in [0.29, 0.717) is 0 Å². The molecule has 0 radical (unpaired) electrons. The highest BCUT2D eigenvalue weighted by Gasteiger charge is 2.22. The predicted octanol–water partition coefficient (Wildman–Crippen LogP) is 3.33. The molecule has 0 aromatic carbocycles. The minimum Gasteiger partial charge on any atom is -0.464 e. The number of nitrogens with zero attached hydrogens (tertiary/aromatic N) is 2. The van der Waals surface area contributed by atoms with Crippen LogP contribution in [0.1, 0.15) is 16.1 Å². The summed E-state index contributed by atoms with van der Waals surface area (Å²) < 4.78 is 18.1. The van der Waals surface area contributed by atoms with Crippen molar-refractivity contribution in [2.75, 3.05) is 12.8 Å². The first kappa shape index (κ1) is 15.0. The van der Waals surface area contributed by atoms with Crippen LogP contribution in [0.25, 0.3) is 10.7 Å². The molecule has 2 rings (SSSR count). The van der Waals surface area contributed by atoms with Gasteiger partial charge in [-0.15, -0.1) is 11.3 Å². The number of carbonyl (C=O) groups excluding carboxylic acids is 1. The molecule has 2 heterocycles. The number of halogens is 3. The summed E-state index contributed by atoms with van der Waals surface area (Å²) in [5.41, 5.74) is 5.71. The third-order valence-corrected chi connectivity index (χ3v) is 4.51. The molecule has 0 bridgehead atoms. The normalized spacial score (nSPS) is 10.7. The number of methoxy groups -OCH3 is 1. The number of esters is 1. The van der Waals surface area contributed by atoms with E-state index in [4.69, 9.17) is 28.9 Å². The third kappa shape index (κ3) is 2.44. The zero-order valence-corrected chi connectivity index (χ0v) is 12.7. The molecule has 2 aromatic rings. The molecule has 0 fully saturated rings. The Hall–Kier alpha value is -1.44. The van der Waals surface area contributed by atoms with Gasteiger partial charge in [0.1, 0.15) is 10.8 Å². The van der Waals surface area contributed by atoms with E-state index in [2.05, 4.69) is 14.7 Å². The van der Waals surface area contributed by atoms with Crippen LogP contribution in [0.4, 0.5) is 10.2 Å². The van der Waals surface area contributed by atoms with Crippen molar-refractivity contribution in [2.24, 2.45) is 0 Å². The van der Waals surface area contributed by atoms with Crippen molar-refractivity contribution >= 4 is 46.3 Å². The number of nitrogens with two attached hydrogens (primary N) is 1. The molecule has 0 aliphatic heterocycles. The second kappa shape index (κ2) is 5.51. The third-order valence-electron chi connectivity index (χ3n) is 2.47. The zero-order chi connectivity index (χ0) is 15.0. The van der Waals surface area contributed by atoms with E-state index >= 15 is 0 Å². The van der Waals surface area contributed by atoms with Crippen LogP contribution >= 0.6 is 34.5 Å². The van der Waals surface area contributed by atoms with E-state index in [1.54, 1.807) is 0 Å². The lowest BCUT2D eigenvalue weighted by Crippen LogP contribution is -2.09. The molecule has 0 unspecified atom stereocenters. The molecule has 0 atom stereocenters. The molecular formula is C11H8Cl2FN3O2S. The van der Waals surface area contributed by atoms with Gasteiger partial charge in [0.25, 0.3) is 0 Å². The zero-order valence-electron chi connectivity index (χ0n) is 10.3. The first-order chi connectivity index (χ1) is 9.36. The van der Waals surface area contributed by atoms with E-state index in [9.17, 15) is 9.18 Å². The van der Waals surface area contributed by atoms with Gasteiger partial charge in [0.15, 0.2) is 16.6 Å². The molecule has 0 saturated heterocycles. The highest BCUT2D eigenvalue weighted by Crippen LogP contribution is 2.38. The number of aromatic nitrogens is 2. The summed E-state index contributed by atoms with van der Waals surface area (Å²) in [6.45, 7) is 1.53. The number of rotatable bonds is 2. The van der Waals surface area contributed by atoms with Crippen LogP contribution in [-0.2, 0) is 4.74 Å². The average molecular weight is 336 g/mol. The van der Waals surface area contributed by atoms with Gasteiger partial charge in [-0.3, -0.25) is 0 Å². The van der Waals surface area contributed by atoms with Crippen molar-refractivity contribution < 1.29 is 13.9 Å². The Morgan fingerprint density at radius 3 is 2.50 bits per heavy atom. The Labute approximate surface area is 127 Å². The molecule has 0 saturated carbocycles. The fraction of sp³-hybridized carbons (Fsp3) is 0.182.